The van der Waals surface area contributed by atoms with Gasteiger partial charge in [0, 0.05) is 30.9 Å². The maximum absolute atomic E-state index is 12.8. The third-order valence-electron chi connectivity index (χ3n) is 5.31. The largest absolute Gasteiger partial charge is 0.337 e. The van der Waals surface area contributed by atoms with Crippen molar-refractivity contribution in [1.29, 1.82) is 0 Å². The van der Waals surface area contributed by atoms with Gasteiger partial charge in [0.15, 0.2) is 0 Å². The van der Waals surface area contributed by atoms with Gasteiger partial charge in [0.1, 0.15) is 5.69 Å². The second kappa shape index (κ2) is 6.44. The molecular formula is C18H21N3O3S2. The van der Waals surface area contributed by atoms with E-state index in [1.54, 1.807) is 9.69 Å². The van der Waals surface area contributed by atoms with E-state index >= 15 is 0 Å². The van der Waals surface area contributed by atoms with Crippen LogP contribution in [0.5, 0.6) is 0 Å². The van der Waals surface area contributed by atoms with Gasteiger partial charge in [0.2, 0.25) is 10.0 Å². The Labute approximate surface area is 157 Å². The molecule has 3 heterocycles. The first-order valence-corrected chi connectivity index (χ1v) is 11.3. The van der Waals surface area contributed by atoms with E-state index in [1.165, 1.54) is 17.6 Å². The molecule has 1 aromatic carbocycles. The van der Waals surface area contributed by atoms with E-state index in [1.807, 2.05) is 42.2 Å². The highest BCUT2D eigenvalue weighted by Crippen LogP contribution is 2.46. The second-order valence-electron chi connectivity index (χ2n) is 7.07. The van der Waals surface area contributed by atoms with Gasteiger partial charge in [-0.05, 0) is 18.4 Å². The van der Waals surface area contributed by atoms with Gasteiger partial charge >= 0.3 is 0 Å². The first-order chi connectivity index (χ1) is 12.3. The van der Waals surface area contributed by atoms with E-state index in [-0.39, 0.29) is 23.8 Å². The molecule has 2 aromatic rings. The number of hydrogen-bond acceptors (Lipinski definition) is 5. The highest BCUT2D eigenvalue weighted by atomic mass is 32.2. The van der Waals surface area contributed by atoms with E-state index < -0.39 is 10.0 Å². The molecule has 0 saturated carbocycles. The lowest BCUT2D eigenvalue weighted by Gasteiger charge is -2.28. The van der Waals surface area contributed by atoms with E-state index in [0.717, 1.165) is 10.6 Å². The van der Waals surface area contributed by atoms with Crippen LogP contribution in [0.4, 0.5) is 0 Å². The van der Waals surface area contributed by atoms with E-state index in [0.29, 0.717) is 25.3 Å². The third kappa shape index (κ3) is 3.06. The fourth-order valence-corrected chi connectivity index (χ4v) is 5.94. The van der Waals surface area contributed by atoms with Crippen LogP contribution < -0.4 is 0 Å². The zero-order valence-corrected chi connectivity index (χ0v) is 16.3. The lowest BCUT2D eigenvalue weighted by molar-refractivity contribution is 0.0768. The van der Waals surface area contributed by atoms with Crippen LogP contribution in [0.2, 0.25) is 0 Å². The molecule has 3 atom stereocenters. The minimum atomic E-state index is -3.31. The van der Waals surface area contributed by atoms with Crippen molar-refractivity contribution in [3.8, 4) is 0 Å². The number of aryl methyl sites for hydroxylation is 1. The summed E-state index contributed by atoms with van der Waals surface area (Å²) in [5, 5.41) is 2.67. The molecule has 2 fully saturated rings. The summed E-state index contributed by atoms with van der Waals surface area (Å²) in [5.41, 5.74) is 1.48. The molecule has 4 rings (SSSR count). The van der Waals surface area contributed by atoms with E-state index in [2.05, 4.69) is 4.98 Å². The summed E-state index contributed by atoms with van der Waals surface area (Å²) in [7, 11) is -3.31. The number of carbonyl (C=O) groups excluding carboxylic acids is 1. The average molecular weight is 392 g/mol. The Morgan fingerprint density at radius 2 is 1.92 bits per heavy atom. The van der Waals surface area contributed by atoms with Gasteiger partial charge in [-0.15, -0.1) is 11.3 Å². The number of thiazole rings is 1. The molecule has 1 amide bonds. The second-order valence-corrected chi connectivity index (χ2v) is 10.1. The monoisotopic (exact) mass is 391 g/mol. The van der Waals surface area contributed by atoms with Gasteiger partial charge < -0.3 is 4.90 Å². The topological polar surface area (TPSA) is 70.6 Å². The van der Waals surface area contributed by atoms with Crippen molar-refractivity contribution in [3.63, 3.8) is 0 Å². The van der Waals surface area contributed by atoms with Crippen LogP contribution in [-0.4, -0.2) is 54.4 Å². The number of aromatic nitrogens is 1. The quantitative estimate of drug-likeness (QED) is 0.804. The van der Waals surface area contributed by atoms with Gasteiger partial charge in [-0.25, -0.2) is 13.4 Å². The Bertz CT molecular complexity index is 926. The molecule has 0 spiro atoms. The summed E-state index contributed by atoms with van der Waals surface area (Å²) in [4.78, 5) is 18.9. The van der Waals surface area contributed by atoms with E-state index in [4.69, 9.17) is 0 Å². The maximum atomic E-state index is 12.8. The van der Waals surface area contributed by atoms with Crippen LogP contribution in [0.15, 0.2) is 35.7 Å². The van der Waals surface area contributed by atoms with Crippen molar-refractivity contribution in [2.24, 2.45) is 11.8 Å². The minimum absolute atomic E-state index is 0.0542. The number of benzene rings is 1. The molecule has 2 aliphatic rings. The minimum Gasteiger partial charge on any atom is -0.337 e. The van der Waals surface area contributed by atoms with Gasteiger partial charge in [-0.3, -0.25) is 4.79 Å². The third-order valence-corrected chi connectivity index (χ3v) is 7.32. The van der Waals surface area contributed by atoms with Crippen LogP contribution in [0, 0.1) is 18.8 Å². The normalized spacial score (nSPS) is 26.2. The number of likely N-dealkylation sites (tertiary alicyclic amines) is 1. The van der Waals surface area contributed by atoms with Gasteiger partial charge in [0.25, 0.3) is 5.91 Å². The van der Waals surface area contributed by atoms with Crippen LogP contribution in [0.25, 0.3) is 0 Å². The highest BCUT2D eigenvalue weighted by molar-refractivity contribution is 7.88. The van der Waals surface area contributed by atoms with Crippen LogP contribution >= 0.6 is 11.3 Å². The summed E-state index contributed by atoms with van der Waals surface area (Å²) in [6.45, 7) is 3.49. The SMILES string of the molecule is Cc1nc(C(=O)N2C[C@@H]3CN(S(C)(=O)=O)[C@@H](c4ccccc4)[C@@H]3C2)cs1. The first kappa shape index (κ1) is 17.6. The van der Waals surface area contributed by atoms with Crippen molar-refractivity contribution < 1.29 is 13.2 Å². The van der Waals surface area contributed by atoms with Crippen molar-refractivity contribution in [2.75, 3.05) is 25.9 Å². The molecule has 0 radical (unpaired) electrons. The zero-order valence-electron chi connectivity index (χ0n) is 14.7. The number of rotatable bonds is 3. The smallest absolute Gasteiger partial charge is 0.273 e. The average Bonchev–Trinajstić information content (AvgIpc) is 3.27. The number of nitrogens with zero attached hydrogens (tertiary/aromatic N) is 3. The predicted molar refractivity (Wildman–Crippen MR) is 100 cm³/mol. The Hall–Kier alpha value is -1.77. The molecule has 138 valence electrons. The number of amides is 1. The number of sulfonamides is 1. The standard InChI is InChI=1S/C18H21N3O3S2/c1-12-19-16(11-25-12)18(22)20-8-14-9-21(26(2,23)24)17(15(14)10-20)13-6-4-3-5-7-13/h3-7,11,14-15,17H,8-10H2,1-2H3/t14-,15-,17+/m1/s1. The van der Waals surface area contributed by atoms with Crippen LogP contribution in [0.3, 0.4) is 0 Å². The fourth-order valence-electron chi connectivity index (χ4n) is 4.20. The summed E-state index contributed by atoms with van der Waals surface area (Å²) in [6, 6.07) is 9.51. The van der Waals surface area contributed by atoms with Gasteiger partial charge in [-0.2, -0.15) is 4.31 Å². The van der Waals surface area contributed by atoms with Gasteiger partial charge in [0.05, 0.1) is 17.3 Å². The van der Waals surface area contributed by atoms with Crippen molar-refractivity contribution in [1.82, 2.24) is 14.2 Å². The Morgan fingerprint density at radius 1 is 1.19 bits per heavy atom. The predicted octanol–water partition coefficient (Wildman–Crippen LogP) is 2.16. The molecule has 0 bridgehead atoms. The summed E-state index contributed by atoms with van der Waals surface area (Å²) < 4.78 is 26.3. The van der Waals surface area contributed by atoms with Gasteiger partial charge in [-0.1, -0.05) is 30.3 Å². The highest BCUT2D eigenvalue weighted by Gasteiger charge is 2.51. The Morgan fingerprint density at radius 3 is 2.54 bits per heavy atom. The van der Waals surface area contributed by atoms with Crippen molar-refractivity contribution >= 4 is 27.3 Å². The first-order valence-electron chi connectivity index (χ1n) is 8.58. The molecule has 0 N–H and O–H groups in total. The summed E-state index contributed by atoms with van der Waals surface area (Å²) in [5.74, 6) is 0.205. The molecule has 0 unspecified atom stereocenters. The Balaban J connectivity index is 1.62. The van der Waals surface area contributed by atoms with Crippen LogP contribution in [0.1, 0.15) is 27.1 Å². The summed E-state index contributed by atoms with van der Waals surface area (Å²) in [6.07, 6.45) is 1.27. The fraction of sp³-hybridized carbons (Fsp3) is 0.444. The van der Waals surface area contributed by atoms with Crippen molar-refractivity contribution in [2.45, 2.75) is 13.0 Å². The maximum Gasteiger partial charge on any atom is 0.273 e. The van der Waals surface area contributed by atoms with E-state index in [9.17, 15) is 13.2 Å². The van der Waals surface area contributed by atoms with Crippen molar-refractivity contribution in [3.05, 3.63) is 52.0 Å². The molecule has 6 nitrogen and oxygen atoms in total. The molecule has 26 heavy (non-hydrogen) atoms. The molecule has 2 saturated heterocycles. The molecule has 0 aliphatic carbocycles. The number of fused-ring (bicyclic) bond motifs is 1. The number of carbonyl (C=O) groups is 1. The Kier molecular flexibility index (Phi) is 4.37. The lowest BCUT2D eigenvalue weighted by Crippen LogP contribution is -2.37. The zero-order chi connectivity index (χ0) is 18.5. The number of hydrogen-bond donors (Lipinski definition) is 0. The molecular weight excluding hydrogens is 370 g/mol. The van der Waals surface area contributed by atoms with Crippen LogP contribution in [-0.2, 0) is 10.0 Å². The summed E-state index contributed by atoms with van der Waals surface area (Å²) >= 11 is 1.47. The molecule has 2 aliphatic heterocycles. The lowest BCUT2D eigenvalue weighted by atomic mass is 9.90. The molecule has 8 heteroatoms. The molecule has 1 aromatic heterocycles.